The maximum Gasteiger partial charge on any atom is 0.230 e. The van der Waals surface area contributed by atoms with Crippen LogP contribution < -0.4 is 0 Å². The highest BCUT2D eigenvalue weighted by molar-refractivity contribution is 5.82. The molecule has 2 heterocycles. The van der Waals surface area contributed by atoms with Gasteiger partial charge in [-0.1, -0.05) is 35.5 Å². The van der Waals surface area contributed by atoms with E-state index in [1.807, 2.05) is 49.1 Å². The SMILES string of the molecule is COCC(C)(C)C(=O)N1CCC(c2nc(-c3ccccc3)no2)CC1. The van der Waals surface area contributed by atoms with Gasteiger partial charge in [-0.05, 0) is 26.7 Å². The van der Waals surface area contributed by atoms with Crippen molar-refractivity contribution in [3.63, 3.8) is 0 Å². The Morgan fingerprint density at radius 2 is 1.96 bits per heavy atom. The van der Waals surface area contributed by atoms with Gasteiger partial charge in [0.25, 0.3) is 0 Å². The molecule has 1 amide bonds. The monoisotopic (exact) mass is 343 g/mol. The summed E-state index contributed by atoms with van der Waals surface area (Å²) in [6, 6.07) is 9.80. The summed E-state index contributed by atoms with van der Waals surface area (Å²) in [6.45, 7) is 5.69. The first-order valence-corrected chi connectivity index (χ1v) is 8.68. The summed E-state index contributed by atoms with van der Waals surface area (Å²) in [6.07, 6.45) is 1.68. The topological polar surface area (TPSA) is 68.5 Å². The molecule has 0 bridgehead atoms. The first-order valence-electron chi connectivity index (χ1n) is 8.68. The van der Waals surface area contributed by atoms with E-state index in [1.54, 1.807) is 7.11 Å². The first kappa shape index (κ1) is 17.6. The van der Waals surface area contributed by atoms with Crippen LogP contribution in [0.2, 0.25) is 0 Å². The maximum absolute atomic E-state index is 12.6. The first-order chi connectivity index (χ1) is 12.0. The summed E-state index contributed by atoms with van der Waals surface area (Å²) in [7, 11) is 1.63. The Hall–Kier alpha value is -2.21. The van der Waals surface area contributed by atoms with Gasteiger partial charge in [-0.15, -0.1) is 0 Å². The Labute approximate surface area is 148 Å². The second-order valence-electron chi connectivity index (χ2n) is 7.21. The van der Waals surface area contributed by atoms with Gasteiger partial charge in [-0.2, -0.15) is 4.98 Å². The van der Waals surface area contributed by atoms with Crippen LogP contribution in [-0.4, -0.2) is 47.8 Å². The molecule has 6 nitrogen and oxygen atoms in total. The number of methoxy groups -OCH3 is 1. The molecule has 1 saturated heterocycles. The molecule has 0 radical (unpaired) electrons. The van der Waals surface area contributed by atoms with Gasteiger partial charge in [0.1, 0.15) is 0 Å². The van der Waals surface area contributed by atoms with Crippen molar-refractivity contribution >= 4 is 5.91 Å². The highest BCUT2D eigenvalue weighted by Crippen LogP contribution is 2.30. The molecule has 0 aliphatic carbocycles. The molecule has 0 atom stereocenters. The molecule has 1 aliphatic rings. The molecule has 134 valence electrons. The molecule has 25 heavy (non-hydrogen) atoms. The Morgan fingerprint density at radius 3 is 2.60 bits per heavy atom. The van der Waals surface area contributed by atoms with Crippen LogP contribution in [0.25, 0.3) is 11.4 Å². The van der Waals surface area contributed by atoms with E-state index in [1.165, 1.54) is 0 Å². The number of hydrogen-bond acceptors (Lipinski definition) is 5. The Bertz CT molecular complexity index is 704. The standard InChI is InChI=1S/C19H25N3O3/c1-19(2,13-24-3)18(23)22-11-9-15(10-12-22)17-20-16(21-25-17)14-7-5-4-6-8-14/h4-8,15H,9-13H2,1-3H3. The molecule has 0 N–H and O–H groups in total. The highest BCUT2D eigenvalue weighted by Gasteiger charge is 2.35. The van der Waals surface area contributed by atoms with Crippen molar-refractivity contribution in [3.05, 3.63) is 36.2 Å². The van der Waals surface area contributed by atoms with Crippen molar-refractivity contribution in [2.24, 2.45) is 5.41 Å². The van der Waals surface area contributed by atoms with Gasteiger partial charge >= 0.3 is 0 Å². The van der Waals surface area contributed by atoms with Crippen molar-refractivity contribution in [1.29, 1.82) is 0 Å². The summed E-state index contributed by atoms with van der Waals surface area (Å²) >= 11 is 0. The molecule has 3 rings (SSSR count). The Morgan fingerprint density at radius 1 is 1.28 bits per heavy atom. The van der Waals surface area contributed by atoms with Crippen molar-refractivity contribution < 1.29 is 14.1 Å². The van der Waals surface area contributed by atoms with Gasteiger partial charge in [0.05, 0.1) is 12.0 Å². The zero-order valence-electron chi connectivity index (χ0n) is 15.1. The Balaban J connectivity index is 1.61. The minimum Gasteiger partial charge on any atom is -0.384 e. The third-order valence-corrected chi connectivity index (χ3v) is 4.69. The summed E-state index contributed by atoms with van der Waals surface area (Å²) in [5.74, 6) is 1.64. The second-order valence-corrected chi connectivity index (χ2v) is 7.21. The van der Waals surface area contributed by atoms with Crippen molar-refractivity contribution in [1.82, 2.24) is 15.0 Å². The summed E-state index contributed by atoms with van der Waals surface area (Å²) < 4.78 is 10.6. The van der Waals surface area contributed by atoms with E-state index in [0.717, 1.165) is 18.4 Å². The fraction of sp³-hybridized carbons (Fsp3) is 0.526. The smallest absolute Gasteiger partial charge is 0.230 e. The summed E-state index contributed by atoms with van der Waals surface area (Å²) in [5, 5.41) is 4.10. The number of carbonyl (C=O) groups is 1. The fourth-order valence-corrected chi connectivity index (χ4v) is 3.29. The lowest BCUT2D eigenvalue weighted by Gasteiger charge is -2.35. The molecule has 1 fully saturated rings. The quantitative estimate of drug-likeness (QED) is 0.834. The number of piperidine rings is 1. The van der Waals surface area contributed by atoms with Gasteiger partial charge < -0.3 is 14.2 Å². The lowest BCUT2D eigenvalue weighted by molar-refractivity contribution is -0.144. The number of benzene rings is 1. The predicted molar refractivity (Wildman–Crippen MR) is 93.9 cm³/mol. The van der Waals surface area contributed by atoms with Gasteiger partial charge in [0.2, 0.25) is 17.6 Å². The highest BCUT2D eigenvalue weighted by atomic mass is 16.5. The molecule has 0 saturated carbocycles. The fourth-order valence-electron chi connectivity index (χ4n) is 3.29. The van der Waals surface area contributed by atoms with E-state index >= 15 is 0 Å². The number of hydrogen-bond donors (Lipinski definition) is 0. The van der Waals surface area contributed by atoms with E-state index in [9.17, 15) is 4.79 Å². The summed E-state index contributed by atoms with van der Waals surface area (Å²) in [5.41, 5.74) is 0.457. The number of nitrogens with zero attached hydrogens (tertiary/aromatic N) is 3. The lowest BCUT2D eigenvalue weighted by Crippen LogP contribution is -2.46. The van der Waals surface area contributed by atoms with Gasteiger partial charge in [0, 0.05) is 31.7 Å². The van der Waals surface area contributed by atoms with Crippen LogP contribution >= 0.6 is 0 Å². The van der Waals surface area contributed by atoms with Crippen LogP contribution in [-0.2, 0) is 9.53 Å². The number of rotatable bonds is 5. The number of ether oxygens (including phenoxy) is 1. The summed E-state index contributed by atoms with van der Waals surface area (Å²) in [4.78, 5) is 19.1. The van der Waals surface area contributed by atoms with E-state index in [0.29, 0.717) is 31.4 Å². The molecule has 2 aromatic rings. The largest absolute Gasteiger partial charge is 0.384 e. The minimum absolute atomic E-state index is 0.142. The number of amides is 1. The molecule has 0 unspecified atom stereocenters. The van der Waals surface area contributed by atoms with Crippen molar-refractivity contribution in [2.75, 3.05) is 26.8 Å². The molecular weight excluding hydrogens is 318 g/mol. The van der Waals surface area contributed by atoms with Crippen molar-refractivity contribution in [2.45, 2.75) is 32.6 Å². The van der Waals surface area contributed by atoms with Gasteiger partial charge in [-0.3, -0.25) is 4.79 Å². The Kier molecular flexibility index (Phi) is 5.18. The second kappa shape index (κ2) is 7.35. The molecule has 1 aliphatic heterocycles. The van der Waals surface area contributed by atoms with Crippen molar-refractivity contribution in [3.8, 4) is 11.4 Å². The molecule has 0 spiro atoms. The van der Waals surface area contributed by atoms with E-state index in [2.05, 4.69) is 10.1 Å². The molecule has 1 aromatic carbocycles. The van der Waals surface area contributed by atoms with Crippen LogP contribution in [0.3, 0.4) is 0 Å². The van der Waals surface area contributed by atoms with Crippen LogP contribution in [0.4, 0.5) is 0 Å². The molecule has 1 aromatic heterocycles. The average molecular weight is 343 g/mol. The average Bonchev–Trinajstić information content (AvgIpc) is 3.12. The number of likely N-dealkylation sites (tertiary alicyclic amines) is 1. The van der Waals surface area contributed by atoms with E-state index in [-0.39, 0.29) is 11.8 Å². The zero-order valence-corrected chi connectivity index (χ0v) is 15.1. The van der Waals surface area contributed by atoms with Gasteiger partial charge in [0.15, 0.2) is 0 Å². The van der Waals surface area contributed by atoms with E-state index < -0.39 is 5.41 Å². The molecular formula is C19H25N3O3. The van der Waals surface area contributed by atoms with Crippen LogP contribution in [0.1, 0.15) is 38.5 Å². The zero-order chi connectivity index (χ0) is 17.9. The van der Waals surface area contributed by atoms with Crippen LogP contribution in [0, 0.1) is 5.41 Å². The van der Waals surface area contributed by atoms with Crippen LogP contribution in [0.15, 0.2) is 34.9 Å². The molecule has 6 heteroatoms. The van der Waals surface area contributed by atoms with Gasteiger partial charge in [-0.25, -0.2) is 0 Å². The normalized spacial score (nSPS) is 16.2. The maximum atomic E-state index is 12.6. The third kappa shape index (κ3) is 3.90. The minimum atomic E-state index is -0.493. The van der Waals surface area contributed by atoms with Crippen LogP contribution in [0.5, 0.6) is 0 Å². The number of carbonyl (C=O) groups excluding carboxylic acids is 1. The predicted octanol–water partition coefficient (Wildman–Crippen LogP) is 3.12. The lowest BCUT2D eigenvalue weighted by atomic mass is 9.90. The van der Waals surface area contributed by atoms with E-state index in [4.69, 9.17) is 9.26 Å². The third-order valence-electron chi connectivity index (χ3n) is 4.69. The number of aromatic nitrogens is 2.